The van der Waals surface area contributed by atoms with Crippen LogP contribution >= 0.6 is 0 Å². The van der Waals surface area contributed by atoms with Gasteiger partial charge in [0.25, 0.3) is 5.56 Å². The summed E-state index contributed by atoms with van der Waals surface area (Å²) in [5.41, 5.74) is 2.01. The van der Waals surface area contributed by atoms with Crippen LogP contribution in [-0.2, 0) is 17.9 Å². The highest BCUT2D eigenvalue weighted by atomic mass is 16.3. The van der Waals surface area contributed by atoms with Crippen LogP contribution in [0, 0.1) is 0 Å². The van der Waals surface area contributed by atoms with Crippen molar-refractivity contribution in [1.29, 1.82) is 0 Å². The predicted molar refractivity (Wildman–Crippen MR) is 96.8 cm³/mol. The van der Waals surface area contributed by atoms with E-state index in [1.54, 1.807) is 30.3 Å². The molecule has 0 aliphatic heterocycles. The molecule has 1 amide bonds. The number of para-hydroxylation sites is 1. The van der Waals surface area contributed by atoms with E-state index in [0.717, 1.165) is 5.39 Å². The maximum Gasteiger partial charge on any atom is 0.297 e. The Hall–Kier alpha value is -3.45. The van der Waals surface area contributed by atoms with Crippen molar-refractivity contribution in [1.82, 2.24) is 9.55 Å². The van der Waals surface area contributed by atoms with Gasteiger partial charge in [-0.05, 0) is 29.8 Å². The van der Waals surface area contributed by atoms with Crippen LogP contribution in [0.3, 0.4) is 0 Å². The first-order valence-corrected chi connectivity index (χ1v) is 8.02. The van der Waals surface area contributed by atoms with Crippen LogP contribution in [0.1, 0.15) is 5.56 Å². The maximum absolute atomic E-state index is 12.6. The van der Waals surface area contributed by atoms with Crippen LogP contribution in [0.2, 0.25) is 0 Å². The maximum atomic E-state index is 12.6. The van der Waals surface area contributed by atoms with Crippen LogP contribution in [0.15, 0.2) is 64.1 Å². The zero-order valence-electron chi connectivity index (χ0n) is 13.7. The van der Waals surface area contributed by atoms with Gasteiger partial charge in [-0.3, -0.25) is 14.2 Å². The van der Waals surface area contributed by atoms with Gasteiger partial charge in [0.1, 0.15) is 17.6 Å². The lowest BCUT2D eigenvalue weighted by atomic mass is 10.2. The highest BCUT2D eigenvalue weighted by molar-refractivity contribution is 6.01. The molecule has 0 bridgehead atoms. The second-order valence-corrected chi connectivity index (χ2v) is 5.86. The fourth-order valence-corrected chi connectivity index (χ4v) is 2.83. The number of hydrogen-bond acceptors (Lipinski definition) is 5. The van der Waals surface area contributed by atoms with E-state index < -0.39 is 5.56 Å². The van der Waals surface area contributed by atoms with Gasteiger partial charge >= 0.3 is 0 Å². The molecule has 26 heavy (non-hydrogen) atoms. The first-order chi connectivity index (χ1) is 12.7. The lowest BCUT2D eigenvalue weighted by Gasteiger charge is -2.08. The topological polar surface area (TPSA) is 97.4 Å². The minimum atomic E-state index is -0.412. The van der Waals surface area contributed by atoms with Gasteiger partial charge in [-0.25, -0.2) is 4.98 Å². The number of nitrogens with zero attached hydrogens (tertiary/aromatic N) is 2. The van der Waals surface area contributed by atoms with Crippen LogP contribution < -0.4 is 10.9 Å². The van der Waals surface area contributed by atoms with E-state index in [-0.39, 0.29) is 24.6 Å². The van der Waals surface area contributed by atoms with Gasteiger partial charge in [-0.1, -0.05) is 24.3 Å². The third-order valence-corrected chi connectivity index (χ3v) is 4.06. The molecule has 0 saturated carbocycles. The van der Waals surface area contributed by atoms with Crippen molar-refractivity contribution in [3.63, 3.8) is 0 Å². The van der Waals surface area contributed by atoms with Crippen LogP contribution in [0.5, 0.6) is 0 Å². The molecule has 0 fully saturated rings. The number of hydrogen-bond donors (Lipinski definition) is 2. The van der Waals surface area contributed by atoms with Crippen molar-refractivity contribution in [2.24, 2.45) is 0 Å². The Labute approximate surface area is 147 Å². The largest absolute Gasteiger partial charge is 0.448 e. The minimum Gasteiger partial charge on any atom is -0.448 e. The Bertz CT molecular complexity index is 1180. The number of aliphatic hydroxyl groups excluding tert-OH is 1. The molecule has 7 nitrogen and oxygen atoms in total. The summed E-state index contributed by atoms with van der Waals surface area (Å²) in [6, 6.07) is 14.1. The smallest absolute Gasteiger partial charge is 0.297 e. The summed E-state index contributed by atoms with van der Waals surface area (Å²) in [4.78, 5) is 29.1. The predicted octanol–water partition coefficient (Wildman–Crippen LogP) is 2.27. The van der Waals surface area contributed by atoms with E-state index in [9.17, 15) is 9.59 Å². The van der Waals surface area contributed by atoms with E-state index in [1.165, 1.54) is 10.9 Å². The number of carbonyl (C=O) groups excluding carboxylic acids is 1. The summed E-state index contributed by atoms with van der Waals surface area (Å²) >= 11 is 0. The van der Waals surface area contributed by atoms with E-state index in [4.69, 9.17) is 9.52 Å². The van der Waals surface area contributed by atoms with Crippen LogP contribution in [0.4, 0.5) is 5.69 Å². The third-order valence-electron chi connectivity index (χ3n) is 4.06. The van der Waals surface area contributed by atoms with E-state index in [0.29, 0.717) is 22.4 Å². The van der Waals surface area contributed by atoms with Gasteiger partial charge < -0.3 is 14.8 Å². The number of anilines is 1. The molecular weight excluding hydrogens is 334 g/mol. The van der Waals surface area contributed by atoms with Gasteiger partial charge in [0.05, 0.1) is 12.9 Å². The number of nitrogens with one attached hydrogen (secondary N) is 1. The van der Waals surface area contributed by atoms with Crippen molar-refractivity contribution in [2.45, 2.75) is 13.2 Å². The van der Waals surface area contributed by atoms with Crippen molar-refractivity contribution in [2.75, 3.05) is 5.32 Å². The number of carbonyl (C=O) groups is 1. The standard InChI is InChI=1S/C19H15N3O4/c23-10-12-4-3-5-13(8-12)21-16(24)9-22-11-20-17-14-6-1-2-7-15(14)26-18(17)19(22)25/h1-8,11,23H,9-10H2,(H,21,24). The number of rotatable bonds is 4. The summed E-state index contributed by atoms with van der Waals surface area (Å²) in [6.07, 6.45) is 1.34. The normalized spacial score (nSPS) is 11.1. The second kappa shape index (κ2) is 6.45. The third kappa shape index (κ3) is 2.84. The molecule has 2 aromatic carbocycles. The molecule has 2 heterocycles. The molecule has 7 heteroatoms. The summed E-state index contributed by atoms with van der Waals surface area (Å²) < 4.78 is 6.80. The number of benzene rings is 2. The first-order valence-electron chi connectivity index (χ1n) is 8.02. The lowest BCUT2D eigenvalue weighted by Crippen LogP contribution is -2.27. The summed E-state index contributed by atoms with van der Waals surface area (Å²) in [5, 5.41) is 12.6. The van der Waals surface area contributed by atoms with Gasteiger partial charge in [-0.15, -0.1) is 0 Å². The highest BCUT2D eigenvalue weighted by Gasteiger charge is 2.14. The Morgan fingerprint density at radius 1 is 1.19 bits per heavy atom. The number of amides is 1. The van der Waals surface area contributed by atoms with E-state index in [1.807, 2.05) is 18.2 Å². The first kappa shape index (κ1) is 16.0. The molecule has 2 aromatic heterocycles. The Morgan fingerprint density at radius 2 is 2.04 bits per heavy atom. The monoisotopic (exact) mass is 349 g/mol. The number of fused-ring (bicyclic) bond motifs is 3. The summed E-state index contributed by atoms with van der Waals surface area (Å²) in [7, 11) is 0. The molecule has 0 aliphatic rings. The average molecular weight is 349 g/mol. The average Bonchev–Trinajstić information content (AvgIpc) is 3.04. The molecule has 0 saturated heterocycles. The number of aromatic nitrogens is 2. The second-order valence-electron chi connectivity index (χ2n) is 5.86. The molecule has 0 aliphatic carbocycles. The van der Waals surface area contributed by atoms with Gasteiger partial charge in [0, 0.05) is 11.1 Å². The molecule has 2 N–H and O–H groups in total. The minimum absolute atomic E-state index is 0.115. The SMILES string of the molecule is O=C(Cn1cnc2c(oc3ccccc32)c1=O)Nc1cccc(CO)c1. The summed E-state index contributed by atoms with van der Waals surface area (Å²) in [5.74, 6) is -0.376. The van der Waals surface area contributed by atoms with Crippen molar-refractivity contribution < 1.29 is 14.3 Å². The lowest BCUT2D eigenvalue weighted by molar-refractivity contribution is -0.116. The molecule has 0 radical (unpaired) electrons. The molecule has 0 spiro atoms. The van der Waals surface area contributed by atoms with Gasteiger partial charge in [-0.2, -0.15) is 0 Å². The molecular formula is C19H15N3O4. The Morgan fingerprint density at radius 3 is 2.88 bits per heavy atom. The van der Waals surface area contributed by atoms with E-state index in [2.05, 4.69) is 10.3 Å². The Balaban J connectivity index is 1.62. The molecule has 4 aromatic rings. The molecule has 4 rings (SSSR count). The fourth-order valence-electron chi connectivity index (χ4n) is 2.83. The zero-order chi connectivity index (χ0) is 18.1. The van der Waals surface area contributed by atoms with Gasteiger partial charge in [0.2, 0.25) is 11.5 Å². The fraction of sp³-hybridized carbons (Fsp3) is 0.105. The van der Waals surface area contributed by atoms with Crippen LogP contribution in [-0.4, -0.2) is 20.6 Å². The highest BCUT2D eigenvalue weighted by Crippen LogP contribution is 2.24. The van der Waals surface area contributed by atoms with E-state index >= 15 is 0 Å². The summed E-state index contributed by atoms with van der Waals surface area (Å²) in [6.45, 7) is -0.308. The molecule has 0 atom stereocenters. The number of furan rings is 1. The van der Waals surface area contributed by atoms with Crippen molar-refractivity contribution >= 4 is 33.7 Å². The molecule has 0 unspecified atom stereocenters. The van der Waals surface area contributed by atoms with Gasteiger partial charge in [0.15, 0.2) is 0 Å². The Kier molecular flexibility index (Phi) is 3.98. The quantitative estimate of drug-likeness (QED) is 0.589. The molecule has 130 valence electrons. The van der Waals surface area contributed by atoms with Crippen molar-refractivity contribution in [3.8, 4) is 0 Å². The van der Waals surface area contributed by atoms with Crippen molar-refractivity contribution in [3.05, 3.63) is 70.8 Å². The van der Waals surface area contributed by atoms with Crippen LogP contribution in [0.25, 0.3) is 22.1 Å². The zero-order valence-corrected chi connectivity index (χ0v) is 13.7. The number of aliphatic hydroxyl groups is 1.